The molecule has 0 aliphatic rings. The summed E-state index contributed by atoms with van der Waals surface area (Å²) in [5.41, 5.74) is 8.31. The second-order valence-electron chi connectivity index (χ2n) is 8.74. The maximum atomic E-state index is 12.9. The molecule has 0 saturated heterocycles. The summed E-state index contributed by atoms with van der Waals surface area (Å²) in [6.07, 6.45) is 1.70. The normalized spacial score (nSPS) is 10.9. The zero-order chi connectivity index (χ0) is 26.3. The van der Waals surface area contributed by atoms with Crippen molar-refractivity contribution in [3.63, 3.8) is 0 Å². The summed E-state index contributed by atoms with van der Waals surface area (Å²) in [7, 11) is 0. The quantitative estimate of drug-likeness (QED) is 0.162. The minimum atomic E-state index is -0.188. The van der Waals surface area contributed by atoms with Crippen LogP contribution in [-0.2, 0) is 0 Å². The van der Waals surface area contributed by atoms with Gasteiger partial charge in [-0.15, -0.1) is 0 Å². The zero-order valence-corrected chi connectivity index (χ0v) is 21.8. The van der Waals surface area contributed by atoms with Crippen molar-refractivity contribution >= 4 is 33.6 Å². The summed E-state index contributed by atoms with van der Waals surface area (Å²) >= 11 is 1.33. The molecule has 0 aliphatic heterocycles. The lowest BCUT2D eigenvalue weighted by Crippen LogP contribution is -2.11. The predicted octanol–water partition coefficient (Wildman–Crippen LogP) is 7.92. The van der Waals surface area contributed by atoms with Crippen LogP contribution in [0.3, 0.4) is 0 Å². The van der Waals surface area contributed by atoms with Gasteiger partial charge in [-0.3, -0.25) is 10.2 Å². The smallest absolute Gasteiger partial charge is 0.256 e. The second-order valence-corrected chi connectivity index (χ2v) is 9.74. The van der Waals surface area contributed by atoms with Crippen molar-refractivity contribution in [3.05, 3.63) is 125 Å². The van der Waals surface area contributed by atoms with Gasteiger partial charge in [-0.2, -0.15) is 5.10 Å². The van der Waals surface area contributed by atoms with E-state index in [-0.39, 0.29) is 5.91 Å². The monoisotopic (exact) mass is 518 g/mol. The van der Waals surface area contributed by atoms with Crippen LogP contribution < -0.4 is 15.5 Å². The third-order valence-corrected chi connectivity index (χ3v) is 6.58. The molecule has 4 aromatic carbocycles. The molecule has 38 heavy (non-hydrogen) atoms. The number of hydrogen-bond donors (Lipinski definition) is 2. The van der Waals surface area contributed by atoms with Gasteiger partial charge in [0.2, 0.25) is 5.13 Å². The molecule has 6 nitrogen and oxygen atoms in total. The molecule has 0 aliphatic carbocycles. The van der Waals surface area contributed by atoms with Gasteiger partial charge < -0.3 is 10.1 Å². The lowest BCUT2D eigenvalue weighted by atomic mass is 10.1. The highest BCUT2D eigenvalue weighted by molar-refractivity contribution is 7.20. The van der Waals surface area contributed by atoms with Crippen LogP contribution in [0.5, 0.6) is 11.5 Å². The number of amides is 1. The number of benzene rings is 4. The minimum Gasteiger partial charge on any atom is -0.457 e. The summed E-state index contributed by atoms with van der Waals surface area (Å²) in [4.78, 5) is 17.7. The molecule has 0 atom stereocenters. The number of thiazole rings is 1. The van der Waals surface area contributed by atoms with E-state index in [4.69, 9.17) is 9.72 Å². The number of ether oxygens (including phenoxy) is 1. The number of hydrogen-bond acceptors (Lipinski definition) is 6. The highest BCUT2D eigenvalue weighted by Crippen LogP contribution is 2.36. The Hall–Kier alpha value is -4.75. The molecule has 0 unspecified atom stereocenters. The van der Waals surface area contributed by atoms with Gasteiger partial charge in [0.1, 0.15) is 22.2 Å². The van der Waals surface area contributed by atoms with Crippen LogP contribution in [-0.4, -0.2) is 17.1 Å². The maximum Gasteiger partial charge on any atom is 0.256 e. The SMILES string of the molecule is Cc1ccc(C(=O)Nc2sc(NN=Cc3cccc(Oc4ccccc4)c3)nc2-c2ccc(C)cc2)cc1. The molecule has 5 rings (SSSR count). The van der Waals surface area contributed by atoms with Gasteiger partial charge in [-0.1, -0.05) is 89.2 Å². The second kappa shape index (κ2) is 11.5. The molecule has 7 heteroatoms. The summed E-state index contributed by atoms with van der Waals surface area (Å²) < 4.78 is 5.91. The Kier molecular flexibility index (Phi) is 7.57. The number of hydrazone groups is 1. The molecule has 0 saturated carbocycles. The number of carbonyl (C=O) groups is 1. The van der Waals surface area contributed by atoms with E-state index in [1.165, 1.54) is 11.3 Å². The number of para-hydroxylation sites is 1. The molecule has 0 fully saturated rings. The number of aryl methyl sites for hydroxylation is 2. The summed E-state index contributed by atoms with van der Waals surface area (Å²) in [6, 6.07) is 32.8. The van der Waals surface area contributed by atoms with Gasteiger partial charge in [0.15, 0.2) is 0 Å². The fourth-order valence-corrected chi connectivity index (χ4v) is 4.52. The molecule has 1 amide bonds. The van der Waals surface area contributed by atoms with Crippen molar-refractivity contribution in [2.75, 3.05) is 10.7 Å². The Labute approximate surface area is 225 Å². The summed E-state index contributed by atoms with van der Waals surface area (Å²) in [5, 5.41) is 8.61. The van der Waals surface area contributed by atoms with Crippen LogP contribution in [0.1, 0.15) is 27.0 Å². The van der Waals surface area contributed by atoms with Gasteiger partial charge in [0, 0.05) is 11.1 Å². The van der Waals surface area contributed by atoms with Crippen molar-refractivity contribution < 1.29 is 9.53 Å². The number of nitrogens with one attached hydrogen (secondary N) is 2. The van der Waals surface area contributed by atoms with Crippen LogP contribution in [0.2, 0.25) is 0 Å². The number of rotatable bonds is 8. The van der Waals surface area contributed by atoms with E-state index < -0.39 is 0 Å². The topological polar surface area (TPSA) is 75.6 Å². The number of nitrogens with zero attached hydrogens (tertiary/aromatic N) is 2. The van der Waals surface area contributed by atoms with E-state index >= 15 is 0 Å². The lowest BCUT2D eigenvalue weighted by Gasteiger charge is -2.06. The van der Waals surface area contributed by atoms with Gasteiger partial charge in [-0.05, 0) is 55.8 Å². The van der Waals surface area contributed by atoms with Gasteiger partial charge >= 0.3 is 0 Å². The van der Waals surface area contributed by atoms with E-state index in [0.717, 1.165) is 33.8 Å². The minimum absolute atomic E-state index is 0.188. The third kappa shape index (κ3) is 6.32. The molecule has 2 N–H and O–H groups in total. The summed E-state index contributed by atoms with van der Waals surface area (Å²) in [6.45, 7) is 4.03. The Morgan fingerprint density at radius 3 is 2.26 bits per heavy atom. The largest absolute Gasteiger partial charge is 0.457 e. The Balaban J connectivity index is 1.34. The van der Waals surface area contributed by atoms with Crippen molar-refractivity contribution in [2.24, 2.45) is 5.10 Å². The van der Waals surface area contributed by atoms with E-state index in [0.29, 0.717) is 21.4 Å². The number of anilines is 2. The van der Waals surface area contributed by atoms with Crippen LogP contribution in [0, 0.1) is 13.8 Å². The molecule has 1 aromatic heterocycles. The van der Waals surface area contributed by atoms with Crippen molar-refractivity contribution in [1.29, 1.82) is 0 Å². The first kappa shape index (κ1) is 24.9. The van der Waals surface area contributed by atoms with Crippen LogP contribution in [0.25, 0.3) is 11.3 Å². The Morgan fingerprint density at radius 1 is 0.842 bits per heavy atom. The van der Waals surface area contributed by atoms with Crippen molar-refractivity contribution in [2.45, 2.75) is 13.8 Å². The predicted molar refractivity (Wildman–Crippen MR) is 156 cm³/mol. The van der Waals surface area contributed by atoms with E-state index in [1.807, 2.05) is 117 Å². The highest BCUT2D eigenvalue weighted by atomic mass is 32.1. The van der Waals surface area contributed by atoms with E-state index in [9.17, 15) is 4.79 Å². The van der Waals surface area contributed by atoms with E-state index in [1.54, 1.807) is 6.21 Å². The fraction of sp³-hybridized carbons (Fsp3) is 0.0645. The standard InChI is InChI=1S/C31H26N4O2S/c1-21-11-15-24(16-12-21)28-30(34-29(36)25-17-13-22(2)14-18-25)38-31(33-28)35-32-20-23-7-6-10-27(19-23)37-26-8-4-3-5-9-26/h3-20H,1-2H3,(H,33,35)(H,34,36). The lowest BCUT2D eigenvalue weighted by molar-refractivity contribution is 0.102. The fourth-order valence-electron chi connectivity index (χ4n) is 3.68. The first-order chi connectivity index (χ1) is 18.5. The van der Waals surface area contributed by atoms with Gasteiger partial charge in [0.05, 0.1) is 6.21 Å². The van der Waals surface area contributed by atoms with Crippen molar-refractivity contribution in [3.8, 4) is 22.8 Å². The summed E-state index contributed by atoms with van der Waals surface area (Å²) in [5.74, 6) is 1.30. The van der Waals surface area contributed by atoms with Crippen LogP contribution in [0.15, 0.2) is 108 Å². The molecular formula is C31H26N4O2S. The maximum absolute atomic E-state index is 12.9. The molecule has 0 spiro atoms. The first-order valence-electron chi connectivity index (χ1n) is 12.1. The molecule has 5 aromatic rings. The molecule has 0 radical (unpaired) electrons. The van der Waals surface area contributed by atoms with Gasteiger partial charge in [-0.25, -0.2) is 4.98 Å². The Bertz CT molecular complexity index is 1560. The average molecular weight is 519 g/mol. The van der Waals surface area contributed by atoms with Crippen LogP contribution >= 0.6 is 11.3 Å². The first-order valence-corrected chi connectivity index (χ1v) is 12.9. The zero-order valence-electron chi connectivity index (χ0n) is 21.0. The van der Waals surface area contributed by atoms with Gasteiger partial charge in [0.25, 0.3) is 5.91 Å². The number of carbonyl (C=O) groups excluding carboxylic acids is 1. The highest BCUT2D eigenvalue weighted by Gasteiger charge is 2.16. The molecule has 188 valence electrons. The molecule has 0 bridgehead atoms. The van der Waals surface area contributed by atoms with E-state index in [2.05, 4.69) is 15.8 Å². The number of aromatic nitrogens is 1. The Morgan fingerprint density at radius 2 is 1.53 bits per heavy atom. The average Bonchev–Trinajstić information content (AvgIpc) is 3.32. The molecular weight excluding hydrogens is 492 g/mol. The van der Waals surface area contributed by atoms with Crippen LogP contribution in [0.4, 0.5) is 10.1 Å². The molecule has 1 heterocycles. The van der Waals surface area contributed by atoms with Crippen molar-refractivity contribution in [1.82, 2.24) is 4.98 Å². The third-order valence-electron chi connectivity index (χ3n) is 5.70.